The molecule has 0 aliphatic rings. The van der Waals surface area contributed by atoms with Gasteiger partial charge in [-0.3, -0.25) is 4.55 Å². The molecule has 3 rings (SSSR count). The molecule has 0 fully saturated rings. The summed E-state index contributed by atoms with van der Waals surface area (Å²) in [5.74, 6) is -0.308. The molecule has 134 valence electrons. The smallest absolute Gasteiger partial charge is 0.294 e. The molecule has 0 spiro atoms. The zero-order valence-corrected chi connectivity index (χ0v) is 14.6. The van der Waals surface area contributed by atoms with Gasteiger partial charge in [0.2, 0.25) is 0 Å². The first-order valence-corrected chi connectivity index (χ1v) is 9.21. The molecule has 26 heavy (non-hydrogen) atoms. The van der Waals surface area contributed by atoms with E-state index in [0.29, 0.717) is 17.4 Å². The summed E-state index contributed by atoms with van der Waals surface area (Å²) < 4.78 is 32.1. The van der Waals surface area contributed by atoms with Crippen LogP contribution >= 0.6 is 0 Å². The molecular formula is C18H16N2O5S. The van der Waals surface area contributed by atoms with E-state index < -0.39 is 10.1 Å². The van der Waals surface area contributed by atoms with E-state index in [0.717, 1.165) is 11.5 Å². The second-order valence-electron chi connectivity index (χ2n) is 5.63. The number of aryl methyl sites for hydroxylation is 1. The van der Waals surface area contributed by atoms with E-state index in [2.05, 4.69) is 10.2 Å². The van der Waals surface area contributed by atoms with E-state index in [1.54, 1.807) is 31.2 Å². The van der Waals surface area contributed by atoms with Crippen LogP contribution in [0.3, 0.4) is 0 Å². The highest BCUT2D eigenvalue weighted by atomic mass is 32.2. The summed E-state index contributed by atoms with van der Waals surface area (Å²) in [4.78, 5) is -0.385. The Bertz CT molecular complexity index is 1120. The van der Waals surface area contributed by atoms with Crippen LogP contribution in [0.25, 0.3) is 10.8 Å². The third-order valence-corrected chi connectivity index (χ3v) is 4.80. The molecule has 0 heterocycles. The fourth-order valence-corrected chi connectivity index (χ4v) is 3.13. The number of phenols is 2. The van der Waals surface area contributed by atoms with Crippen molar-refractivity contribution in [3.63, 3.8) is 0 Å². The van der Waals surface area contributed by atoms with Crippen molar-refractivity contribution in [2.45, 2.75) is 18.2 Å². The second-order valence-corrected chi connectivity index (χ2v) is 7.05. The van der Waals surface area contributed by atoms with E-state index in [4.69, 9.17) is 0 Å². The lowest BCUT2D eigenvalue weighted by Crippen LogP contribution is -1.99. The Labute approximate surface area is 150 Å². The number of nitrogens with zero attached hydrogens (tertiary/aromatic N) is 2. The average Bonchev–Trinajstić information content (AvgIpc) is 2.61. The summed E-state index contributed by atoms with van der Waals surface area (Å²) in [7, 11) is -4.46. The molecule has 3 N–H and O–H groups in total. The number of azo groups is 1. The highest BCUT2D eigenvalue weighted by Crippen LogP contribution is 2.38. The molecule has 0 aliphatic carbocycles. The van der Waals surface area contributed by atoms with Gasteiger partial charge in [-0.1, -0.05) is 37.3 Å². The maximum Gasteiger partial charge on any atom is 0.294 e. The molecule has 0 saturated carbocycles. The number of hydrogen-bond acceptors (Lipinski definition) is 6. The van der Waals surface area contributed by atoms with Crippen LogP contribution in [0.15, 0.2) is 63.7 Å². The fraction of sp³-hybridized carbons (Fsp3) is 0.111. The lowest BCUT2D eigenvalue weighted by molar-refractivity contribution is 0.467. The molecule has 3 aromatic rings. The molecule has 3 aromatic carbocycles. The third kappa shape index (κ3) is 3.37. The van der Waals surface area contributed by atoms with E-state index in [9.17, 15) is 23.2 Å². The monoisotopic (exact) mass is 372 g/mol. The summed E-state index contributed by atoms with van der Waals surface area (Å²) in [6.07, 6.45) is 0.332. The predicted molar refractivity (Wildman–Crippen MR) is 97.1 cm³/mol. The quantitative estimate of drug-likeness (QED) is 0.461. The van der Waals surface area contributed by atoms with E-state index in [1.807, 2.05) is 12.1 Å². The average molecular weight is 372 g/mol. The highest BCUT2D eigenvalue weighted by Gasteiger charge is 2.16. The lowest BCUT2D eigenvalue weighted by atomic mass is 10.1. The van der Waals surface area contributed by atoms with Crippen LogP contribution in [0.5, 0.6) is 11.5 Å². The van der Waals surface area contributed by atoms with Crippen molar-refractivity contribution >= 4 is 32.3 Å². The van der Waals surface area contributed by atoms with Gasteiger partial charge in [0.1, 0.15) is 17.1 Å². The summed E-state index contributed by atoms with van der Waals surface area (Å²) in [5, 5.41) is 29.7. The van der Waals surface area contributed by atoms with Crippen molar-refractivity contribution in [1.29, 1.82) is 0 Å². The van der Waals surface area contributed by atoms with Crippen LogP contribution < -0.4 is 0 Å². The maximum absolute atomic E-state index is 11.4. The van der Waals surface area contributed by atoms with Crippen LogP contribution in [0.4, 0.5) is 11.4 Å². The van der Waals surface area contributed by atoms with Crippen molar-refractivity contribution in [3.05, 3.63) is 54.1 Å². The minimum Gasteiger partial charge on any atom is -0.505 e. The molecule has 0 amide bonds. The van der Waals surface area contributed by atoms with E-state index in [1.165, 1.54) is 6.07 Å². The first-order chi connectivity index (χ1) is 12.3. The molecule has 0 aromatic heterocycles. The fourth-order valence-electron chi connectivity index (χ4n) is 2.58. The largest absolute Gasteiger partial charge is 0.505 e. The van der Waals surface area contributed by atoms with Crippen molar-refractivity contribution in [1.82, 2.24) is 0 Å². The van der Waals surface area contributed by atoms with Crippen molar-refractivity contribution in [2.24, 2.45) is 10.2 Å². The molecule has 7 nitrogen and oxygen atoms in total. The molecule has 0 aliphatic heterocycles. The zero-order chi connectivity index (χ0) is 18.9. The maximum atomic E-state index is 11.4. The van der Waals surface area contributed by atoms with Gasteiger partial charge in [-0.05, 0) is 35.6 Å². The predicted octanol–water partition coefficient (Wildman–Crippen LogP) is 4.48. The van der Waals surface area contributed by atoms with Gasteiger partial charge in [0, 0.05) is 5.39 Å². The van der Waals surface area contributed by atoms with Crippen LogP contribution in [-0.4, -0.2) is 23.2 Å². The van der Waals surface area contributed by atoms with Crippen LogP contribution in [0, 0.1) is 0 Å². The van der Waals surface area contributed by atoms with Gasteiger partial charge in [-0.15, -0.1) is 10.2 Å². The van der Waals surface area contributed by atoms with Crippen molar-refractivity contribution in [3.8, 4) is 11.5 Å². The number of aromatic hydroxyl groups is 2. The van der Waals surface area contributed by atoms with Gasteiger partial charge in [-0.25, -0.2) is 0 Å². The standard InChI is InChI=1S/C18H16N2O5S/c1-2-11-9-13(26(23,24)25)10-16(17(11)21)20-19-15-8-7-12-5-3-4-6-14(12)18(15)22/h3-10,21-22H,2H2,1H3,(H,23,24,25). The Kier molecular flexibility index (Phi) is 4.62. The van der Waals surface area contributed by atoms with E-state index >= 15 is 0 Å². The normalized spacial score (nSPS) is 12.1. The minimum atomic E-state index is -4.46. The molecule has 0 saturated heterocycles. The summed E-state index contributed by atoms with van der Waals surface area (Å²) in [5.41, 5.74) is 0.347. The van der Waals surface area contributed by atoms with Gasteiger partial charge in [0.25, 0.3) is 10.1 Å². The molecule has 0 unspecified atom stereocenters. The third-order valence-electron chi connectivity index (χ3n) is 3.97. The number of benzene rings is 3. The van der Waals surface area contributed by atoms with Gasteiger partial charge < -0.3 is 10.2 Å². The number of fused-ring (bicyclic) bond motifs is 1. The Hall–Kier alpha value is -2.97. The van der Waals surface area contributed by atoms with Crippen LogP contribution in [0.1, 0.15) is 12.5 Å². The number of rotatable bonds is 4. The summed E-state index contributed by atoms with van der Waals surface area (Å²) in [6, 6.07) is 12.7. The first kappa shape index (κ1) is 17.8. The molecule has 0 bridgehead atoms. The summed E-state index contributed by atoms with van der Waals surface area (Å²) in [6.45, 7) is 1.72. The Morgan fingerprint density at radius 2 is 1.62 bits per heavy atom. The lowest BCUT2D eigenvalue weighted by Gasteiger charge is -2.07. The zero-order valence-electron chi connectivity index (χ0n) is 13.8. The van der Waals surface area contributed by atoms with Gasteiger partial charge >= 0.3 is 0 Å². The topological polar surface area (TPSA) is 120 Å². The molecule has 0 atom stereocenters. The van der Waals surface area contributed by atoms with Gasteiger partial charge in [-0.2, -0.15) is 8.42 Å². The van der Waals surface area contributed by atoms with Crippen molar-refractivity contribution < 1.29 is 23.2 Å². The molecular weight excluding hydrogens is 356 g/mol. The SMILES string of the molecule is CCc1cc(S(=O)(=O)O)cc(N=Nc2ccc3ccccc3c2O)c1O. The molecule has 0 radical (unpaired) electrons. The number of phenolic OH excluding ortho intramolecular Hbond substituents is 2. The summed E-state index contributed by atoms with van der Waals surface area (Å²) >= 11 is 0. The van der Waals surface area contributed by atoms with Gasteiger partial charge in [0.15, 0.2) is 5.75 Å². The second kappa shape index (κ2) is 6.74. The first-order valence-electron chi connectivity index (χ1n) is 7.77. The minimum absolute atomic E-state index is 0.0759. The van der Waals surface area contributed by atoms with Gasteiger partial charge in [0.05, 0.1) is 4.90 Å². The number of hydrogen-bond donors (Lipinski definition) is 3. The van der Waals surface area contributed by atoms with Crippen molar-refractivity contribution in [2.75, 3.05) is 0 Å². The van der Waals surface area contributed by atoms with E-state index in [-0.39, 0.29) is 27.8 Å². The Morgan fingerprint density at radius 3 is 2.31 bits per heavy atom. The van der Waals surface area contributed by atoms with Crippen LogP contribution in [-0.2, 0) is 16.5 Å². The van der Waals surface area contributed by atoms with Crippen LogP contribution in [0.2, 0.25) is 0 Å². The molecule has 8 heteroatoms. The Morgan fingerprint density at radius 1 is 0.923 bits per heavy atom. The highest BCUT2D eigenvalue weighted by molar-refractivity contribution is 7.85. The Balaban J connectivity index is 2.10.